The number of H-pyrrole nitrogens is 1. The summed E-state index contributed by atoms with van der Waals surface area (Å²) in [7, 11) is -0.865. The van der Waals surface area contributed by atoms with E-state index >= 15 is 0 Å². The maximum Gasteiger partial charge on any atom is 0.178 e. The van der Waals surface area contributed by atoms with Crippen molar-refractivity contribution in [1.82, 2.24) is 9.55 Å². The molecule has 0 aliphatic carbocycles. The molecule has 17 heavy (non-hydrogen) atoms. The van der Waals surface area contributed by atoms with Gasteiger partial charge < -0.3 is 9.55 Å². The fraction of sp³-hybridized carbons (Fsp3) is 0.364. The zero-order chi connectivity index (χ0) is 12.6. The van der Waals surface area contributed by atoms with E-state index in [1.54, 1.807) is 6.26 Å². The van der Waals surface area contributed by atoms with Crippen LogP contribution in [0.5, 0.6) is 0 Å². The molecule has 0 aliphatic heterocycles. The number of fused-ring (bicyclic) bond motifs is 1. The van der Waals surface area contributed by atoms with Crippen molar-refractivity contribution < 1.29 is 4.21 Å². The SMILES string of the molecule is CC(Cn1c(=S)[nH]c2c(Cl)cccc21)S(C)=O. The van der Waals surface area contributed by atoms with Crippen LogP contribution in [0.3, 0.4) is 0 Å². The molecule has 0 amide bonds. The summed E-state index contributed by atoms with van der Waals surface area (Å²) in [6, 6.07) is 5.66. The van der Waals surface area contributed by atoms with E-state index in [-0.39, 0.29) is 5.25 Å². The number of benzene rings is 1. The molecule has 0 bridgehead atoms. The number of halogens is 1. The van der Waals surface area contributed by atoms with Crippen molar-refractivity contribution in [2.75, 3.05) is 6.26 Å². The Morgan fingerprint density at radius 3 is 2.94 bits per heavy atom. The van der Waals surface area contributed by atoms with Crippen LogP contribution < -0.4 is 0 Å². The van der Waals surface area contributed by atoms with Gasteiger partial charge in [-0.2, -0.15) is 0 Å². The van der Waals surface area contributed by atoms with Crippen molar-refractivity contribution in [2.45, 2.75) is 18.7 Å². The largest absolute Gasteiger partial charge is 0.329 e. The van der Waals surface area contributed by atoms with Gasteiger partial charge in [0.1, 0.15) is 0 Å². The number of hydrogen-bond acceptors (Lipinski definition) is 2. The molecule has 0 saturated carbocycles. The van der Waals surface area contributed by atoms with Gasteiger partial charge >= 0.3 is 0 Å². The smallest absolute Gasteiger partial charge is 0.178 e. The molecule has 0 aliphatic rings. The lowest BCUT2D eigenvalue weighted by Crippen LogP contribution is -2.17. The number of aromatic amines is 1. The summed E-state index contributed by atoms with van der Waals surface area (Å²) in [5.74, 6) is 0. The van der Waals surface area contributed by atoms with Gasteiger partial charge in [-0.1, -0.05) is 17.7 Å². The van der Waals surface area contributed by atoms with Gasteiger partial charge in [0.15, 0.2) is 4.77 Å². The molecule has 92 valence electrons. The van der Waals surface area contributed by atoms with E-state index in [0.29, 0.717) is 16.3 Å². The van der Waals surface area contributed by atoms with Crippen LogP contribution in [0.2, 0.25) is 5.02 Å². The molecule has 6 heteroatoms. The average molecular weight is 289 g/mol. The quantitative estimate of drug-likeness (QED) is 0.881. The van der Waals surface area contributed by atoms with Crippen LogP contribution in [0.4, 0.5) is 0 Å². The van der Waals surface area contributed by atoms with E-state index in [2.05, 4.69) is 4.98 Å². The van der Waals surface area contributed by atoms with Gasteiger partial charge in [0, 0.05) is 28.9 Å². The number of rotatable bonds is 3. The first kappa shape index (κ1) is 12.8. The third-order valence-electron chi connectivity index (χ3n) is 2.77. The van der Waals surface area contributed by atoms with Crippen LogP contribution in [0.15, 0.2) is 18.2 Å². The monoisotopic (exact) mass is 288 g/mol. The Kier molecular flexibility index (Phi) is 3.70. The Labute approximate surface area is 112 Å². The molecule has 0 saturated heterocycles. The number of nitrogens with one attached hydrogen (secondary N) is 1. The fourth-order valence-corrected chi connectivity index (χ4v) is 2.54. The third-order valence-corrected chi connectivity index (χ3v) is 4.69. The zero-order valence-electron chi connectivity index (χ0n) is 9.57. The molecular weight excluding hydrogens is 276 g/mol. The van der Waals surface area contributed by atoms with Crippen LogP contribution in [0.1, 0.15) is 6.92 Å². The summed E-state index contributed by atoms with van der Waals surface area (Å²) in [5, 5.41) is 0.706. The molecule has 2 atom stereocenters. The predicted octanol–water partition coefficient (Wildman–Crippen LogP) is 3.12. The van der Waals surface area contributed by atoms with Gasteiger partial charge in [-0.15, -0.1) is 0 Å². The number of para-hydroxylation sites is 1. The van der Waals surface area contributed by atoms with Crippen molar-refractivity contribution in [1.29, 1.82) is 0 Å². The summed E-state index contributed by atoms with van der Waals surface area (Å²) in [6.45, 7) is 2.57. The van der Waals surface area contributed by atoms with Gasteiger partial charge in [0.25, 0.3) is 0 Å². The summed E-state index contributed by atoms with van der Waals surface area (Å²) in [6.07, 6.45) is 1.70. The van der Waals surface area contributed by atoms with Crippen LogP contribution >= 0.6 is 23.8 Å². The Morgan fingerprint density at radius 2 is 2.29 bits per heavy atom. The van der Waals surface area contributed by atoms with Crippen molar-refractivity contribution in [3.63, 3.8) is 0 Å². The molecule has 1 N–H and O–H groups in total. The van der Waals surface area contributed by atoms with Crippen LogP contribution in [0.25, 0.3) is 11.0 Å². The Balaban J connectivity index is 2.54. The molecule has 0 fully saturated rings. The highest BCUT2D eigenvalue weighted by atomic mass is 35.5. The van der Waals surface area contributed by atoms with E-state index < -0.39 is 10.8 Å². The van der Waals surface area contributed by atoms with Gasteiger partial charge in [0.2, 0.25) is 0 Å². The number of imidazole rings is 1. The average Bonchev–Trinajstić information content (AvgIpc) is 2.58. The first-order valence-electron chi connectivity index (χ1n) is 5.20. The van der Waals surface area contributed by atoms with E-state index in [4.69, 9.17) is 23.8 Å². The molecular formula is C11H13ClN2OS2. The van der Waals surface area contributed by atoms with Crippen LogP contribution in [-0.2, 0) is 17.3 Å². The third kappa shape index (κ3) is 2.46. The minimum atomic E-state index is -0.865. The summed E-state index contributed by atoms with van der Waals surface area (Å²) >= 11 is 11.4. The molecule has 1 heterocycles. The Bertz CT molecular complexity index is 632. The second-order valence-corrected chi connectivity index (χ2v) is 6.58. The second-order valence-electron chi connectivity index (χ2n) is 3.98. The lowest BCUT2D eigenvalue weighted by molar-refractivity contribution is 0.647. The molecule has 3 nitrogen and oxygen atoms in total. The molecule has 1 aromatic heterocycles. The molecule has 2 unspecified atom stereocenters. The molecule has 0 spiro atoms. The van der Waals surface area contributed by atoms with E-state index in [9.17, 15) is 4.21 Å². The maximum absolute atomic E-state index is 11.4. The van der Waals surface area contributed by atoms with E-state index in [1.807, 2.05) is 29.7 Å². The highest BCUT2D eigenvalue weighted by molar-refractivity contribution is 7.84. The van der Waals surface area contributed by atoms with Gasteiger partial charge in [-0.3, -0.25) is 4.21 Å². The minimum Gasteiger partial charge on any atom is -0.329 e. The van der Waals surface area contributed by atoms with E-state index in [0.717, 1.165) is 11.0 Å². The molecule has 1 aromatic carbocycles. The summed E-state index contributed by atoms with van der Waals surface area (Å²) in [4.78, 5) is 3.09. The first-order chi connectivity index (χ1) is 8.00. The van der Waals surface area contributed by atoms with Gasteiger partial charge in [0.05, 0.1) is 16.1 Å². The highest BCUT2D eigenvalue weighted by Gasteiger charge is 2.12. The normalized spacial score (nSPS) is 15.0. The molecule has 0 radical (unpaired) electrons. The van der Waals surface area contributed by atoms with Crippen molar-refractivity contribution >= 4 is 45.7 Å². The highest BCUT2D eigenvalue weighted by Crippen LogP contribution is 2.23. The Morgan fingerprint density at radius 1 is 1.59 bits per heavy atom. The number of aromatic nitrogens is 2. The van der Waals surface area contributed by atoms with Crippen LogP contribution in [0, 0.1) is 4.77 Å². The summed E-state index contributed by atoms with van der Waals surface area (Å²) < 4.78 is 14.0. The lowest BCUT2D eigenvalue weighted by Gasteiger charge is -2.10. The molecule has 2 aromatic rings. The van der Waals surface area contributed by atoms with Crippen LogP contribution in [-0.4, -0.2) is 25.3 Å². The number of nitrogens with zero attached hydrogens (tertiary/aromatic N) is 1. The van der Waals surface area contributed by atoms with Crippen molar-refractivity contribution in [3.8, 4) is 0 Å². The minimum absolute atomic E-state index is 0.0553. The second kappa shape index (κ2) is 4.92. The maximum atomic E-state index is 11.4. The van der Waals surface area contributed by atoms with Gasteiger partial charge in [-0.25, -0.2) is 0 Å². The summed E-state index contributed by atoms with van der Waals surface area (Å²) in [5.41, 5.74) is 1.80. The molecule has 2 rings (SSSR count). The standard InChI is InChI=1S/C11H13ClN2OS2/c1-7(17(2)15)6-14-9-5-3-4-8(12)10(9)13-11(14)16/h3-5,7H,6H2,1-2H3,(H,13,16). The van der Waals surface area contributed by atoms with E-state index in [1.165, 1.54) is 0 Å². The predicted molar refractivity (Wildman–Crippen MR) is 75.7 cm³/mol. The first-order valence-corrected chi connectivity index (χ1v) is 7.60. The van der Waals surface area contributed by atoms with Crippen molar-refractivity contribution in [2.24, 2.45) is 0 Å². The fourth-order valence-electron chi connectivity index (χ4n) is 1.69. The van der Waals surface area contributed by atoms with Crippen molar-refractivity contribution in [3.05, 3.63) is 28.0 Å². The number of hydrogen-bond donors (Lipinski definition) is 1. The topological polar surface area (TPSA) is 37.8 Å². The Hall–Kier alpha value is -0.650. The van der Waals surface area contributed by atoms with Gasteiger partial charge in [-0.05, 0) is 31.3 Å². The lowest BCUT2D eigenvalue weighted by atomic mass is 10.3. The zero-order valence-corrected chi connectivity index (χ0v) is 12.0.